The summed E-state index contributed by atoms with van der Waals surface area (Å²) in [4.78, 5) is 23.6. The molecule has 0 aromatic heterocycles. The number of carbonyl (C=O) groups is 2. The second-order valence-electron chi connectivity index (χ2n) is 7.06. The quantitative estimate of drug-likeness (QED) is 0.648. The fourth-order valence-corrected chi connectivity index (χ4v) is 3.84. The molecule has 5 nitrogen and oxygen atoms in total. The summed E-state index contributed by atoms with van der Waals surface area (Å²) >= 11 is 0. The number of rotatable bonds is 6. The Balaban J connectivity index is 1.34. The largest absolute Gasteiger partial charge is 0.449 e. The van der Waals surface area contributed by atoms with Gasteiger partial charge in [0.1, 0.15) is 6.61 Å². The molecule has 0 spiro atoms. The number of ether oxygens (including phenoxy) is 1. The molecule has 0 fully saturated rings. The predicted molar refractivity (Wildman–Crippen MR) is 117 cm³/mol. The van der Waals surface area contributed by atoms with Crippen LogP contribution >= 0.6 is 0 Å². The van der Waals surface area contributed by atoms with Crippen LogP contribution in [0.4, 0.5) is 4.79 Å². The number of nitrogens with one attached hydrogen (secondary N) is 1. The van der Waals surface area contributed by atoms with E-state index in [4.69, 9.17) is 10.5 Å². The van der Waals surface area contributed by atoms with Crippen molar-refractivity contribution in [2.24, 2.45) is 5.73 Å². The van der Waals surface area contributed by atoms with E-state index in [1.165, 1.54) is 22.3 Å². The standard InChI is InChI=1S/C25H22N2O3/c26-24(28)18-10-2-1-8-17(18)9-7-15-27-25(29)30-16-23-21-13-5-3-11-19(21)20-12-4-6-14-22(20)23/h1-14,23H,15-16H2,(H2,26,28)(H,27,29). The number of nitrogens with two attached hydrogens (primary N) is 1. The Bertz CT molecular complexity index is 1080. The summed E-state index contributed by atoms with van der Waals surface area (Å²) in [5.41, 5.74) is 11.3. The van der Waals surface area contributed by atoms with Crippen LogP contribution in [0.25, 0.3) is 17.2 Å². The summed E-state index contributed by atoms with van der Waals surface area (Å²) < 4.78 is 5.50. The van der Waals surface area contributed by atoms with Crippen LogP contribution < -0.4 is 11.1 Å². The first kappa shape index (κ1) is 19.5. The molecule has 0 heterocycles. The van der Waals surface area contributed by atoms with Crippen LogP contribution in [0.2, 0.25) is 0 Å². The molecule has 1 aliphatic rings. The molecule has 1 aliphatic carbocycles. The number of carbonyl (C=O) groups excluding carboxylic acids is 2. The fraction of sp³-hybridized carbons (Fsp3) is 0.120. The second kappa shape index (κ2) is 8.66. The van der Waals surface area contributed by atoms with Gasteiger partial charge in [-0.05, 0) is 33.9 Å². The zero-order valence-corrected chi connectivity index (χ0v) is 16.4. The number of primary amides is 1. The molecule has 0 aliphatic heterocycles. The molecule has 30 heavy (non-hydrogen) atoms. The maximum absolute atomic E-state index is 12.2. The molecule has 0 radical (unpaired) electrons. The second-order valence-corrected chi connectivity index (χ2v) is 7.06. The minimum Gasteiger partial charge on any atom is -0.449 e. The summed E-state index contributed by atoms with van der Waals surface area (Å²) in [6.07, 6.45) is 3.03. The number of fused-ring (bicyclic) bond motifs is 3. The van der Waals surface area contributed by atoms with Crippen molar-refractivity contribution in [3.05, 3.63) is 101 Å². The predicted octanol–water partition coefficient (Wildman–Crippen LogP) is 4.34. The van der Waals surface area contributed by atoms with Gasteiger partial charge in [0, 0.05) is 18.0 Å². The van der Waals surface area contributed by atoms with Crippen molar-refractivity contribution >= 4 is 18.1 Å². The van der Waals surface area contributed by atoms with Crippen LogP contribution in [0.5, 0.6) is 0 Å². The van der Waals surface area contributed by atoms with Crippen molar-refractivity contribution in [2.45, 2.75) is 5.92 Å². The maximum Gasteiger partial charge on any atom is 0.407 e. The highest BCUT2D eigenvalue weighted by molar-refractivity contribution is 5.96. The minimum atomic E-state index is -0.486. The van der Waals surface area contributed by atoms with Gasteiger partial charge in [0.25, 0.3) is 0 Å². The molecule has 0 atom stereocenters. The van der Waals surface area contributed by atoms with Crippen molar-refractivity contribution in [1.29, 1.82) is 0 Å². The Kier molecular flexibility index (Phi) is 5.61. The van der Waals surface area contributed by atoms with Gasteiger partial charge in [0.2, 0.25) is 5.91 Å². The molecular weight excluding hydrogens is 376 g/mol. The van der Waals surface area contributed by atoms with Crippen LogP contribution in [-0.4, -0.2) is 25.2 Å². The van der Waals surface area contributed by atoms with E-state index in [0.29, 0.717) is 11.1 Å². The lowest BCUT2D eigenvalue weighted by Crippen LogP contribution is -2.26. The highest BCUT2D eigenvalue weighted by atomic mass is 16.5. The molecule has 3 aromatic carbocycles. The van der Waals surface area contributed by atoms with E-state index in [-0.39, 0.29) is 19.1 Å². The zero-order valence-electron chi connectivity index (χ0n) is 16.4. The lowest BCUT2D eigenvalue weighted by molar-refractivity contribution is 0.1000. The lowest BCUT2D eigenvalue weighted by Gasteiger charge is -2.14. The molecule has 0 saturated heterocycles. The number of amides is 2. The zero-order chi connectivity index (χ0) is 20.9. The van der Waals surface area contributed by atoms with Crippen LogP contribution in [-0.2, 0) is 4.74 Å². The number of hydrogen-bond donors (Lipinski definition) is 2. The first-order valence-electron chi connectivity index (χ1n) is 9.79. The Labute approximate surface area is 175 Å². The van der Waals surface area contributed by atoms with Crippen molar-refractivity contribution < 1.29 is 14.3 Å². The minimum absolute atomic E-state index is 0.0288. The third-order valence-corrected chi connectivity index (χ3v) is 5.23. The van der Waals surface area contributed by atoms with Gasteiger partial charge >= 0.3 is 6.09 Å². The molecule has 3 aromatic rings. The van der Waals surface area contributed by atoms with E-state index in [2.05, 4.69) is 29.6 Å². The van der Waals surface area contributed by atoms with Gasteiger partial charge in [-0.15, -0.1) is 0 Å². The van der Waals surface area contributed by atoms with Crippen molar-refractivity contribution in [1.82, 2.24) is 5.32 Å². The van der Waals surface area contributed by atoms with Crippen LogP contribution in [0.15, 0.2) is 78.9 Å². The monoisotopic (exact) mass is 398 g/mol. The lowest BCUT2D eigenvalue weighted by atomic mass is 9.98. The van der Waals surface area contributed by atoms with Gasteiger partial charge < -0.3 is 15.8 Å². The number of alkyl carbamates (subject to hydrolysis) is 1. The van der Waals surface area contributed by atoms with E-state index in [0.717, 1.165) is 0 Å². The summed E-state index contributed by atoms with van der Waals surface area (Å²) in [6, 6.07) is 23.5. The molecule has 0 saturated carbocycles. The Hall–Kier alpha value is -3.86. The van der Waals surface area contributed by atoms with E-state index >= 15 is 0 Å². The number of hydrogen-bond acceptors (Lipinski definition) is 3. The van der Waals surface area contributed by atoms with E-state index in [9.17, 15) is 9.59 Å². The topological polar surface area (TPSA) is 81.4 Å². The maximum atomic E-state index is 12.2. The molecule has 4 rings (SSSR count). The van der Waals surface area contributed by atoms with Gasteiger partial charge in [-0.1, -0.05) is 78.9 Å². The number of benzene rings is 3. The first-order chi connectivity index (χ1) is 14.6. The molecule has 3 N–H and O–H groups in total. The van der Waals surface area contributed by atoms with Crippen molar-refractivity contribution in [3.63, 3.8) is 0 Å². The van der Waals surface area contributed by atoms with Crippen LogP contribution in [0.3, 0.4) is 0 Å². The van der Waals surface area contributed by atoms with Gasteiger partial charge in [-0.25, -0.2) is 4.79 Å². The van der Waals surface area contributed by atoms with Gasteiger partial charge in [0.05, 0.1) is 0 Å². The average Bonchev–Trinajstić information content (AvgIpc) is 3.09. The first-order valence-corrected chi connectivity index (χ1v) is 9.79. The average molecular weight is 398 g/mol. The third-order valence-electron chi connectivity index (χ3n) is 5.23. The molecule has 5 heteroatoms. The molecule has 2 amide bonds. The molecule has 0 bridgehead atoms. The van der Waals surface area contributed by atoms with Gasteiger partial charge in [-0.2, -0.15) is 0 Å². The van der Waals surface area contributed by atoms with Crippen molar-refractivity contribution in [3.8, 4) is 11.1 Å². The highest BCUT2D eigenvalue weighted by Gasteiger charge is 2.28. The summed E-state index contributed by atoms with van der Waals surface area (Å²) in [6.45, 7) is 0.553. The Morgan fingerprint density at radius 1 is 0.900 bits per heavy atom. The normalized spacial score (nSPS) is 12.4. The summed E-state index contributed by atoms with van der Waals surface area (Å²) in [7, 11) is 0. The molecular formula is C25H22N2O3. The van der Waals surface area contributed by atoms with Gasteiger partial charge in [0.15, 0.2) is 0 Å². The Morgan fingerprint density at radius 3 is 2.17 bits per heavy atom. The summed E-state index contributed by atoms with van der Waals surface area (Å²) in [5, 5.41) is 2.71. The summed E-state index contributed by atoms with van der Waals surface area (Å²) in [5.74, 6) is -0.458. The van der Waals surface area contributed by atoms with Crippen LogP contribution in [0.1, 0.15) is 33.0 Å². The highest BCUT2D eigenvalue weighted by Crippen LogP contribution is 2.44. The molecule has 0 unspecified atom stereocenters. The van der Waals surface area contributed by atoms with E-state index in [1.807, 2.05) is 30.3 Å². The van der Waals surface area contributed by atoms with E-state index < -0.39 is 12.0 Å². The van der Waals surface area contributed by atoms with Gasteiger partial charge in [-0.3, -0.25) is 4.79 Å². The fourth-order valence-electron chi connectivity index (χ4n) is 3.84. The smallest absolute Gasteiger partial charge is 0.407 e. The Morgan fingerprint density at radius 2 is 1.50 bits per heavy atom. The van der Waals surface area contributed by atoms with Crippen molar-refractivity contribution in [2.75, 3.05) is 13.2 Å². The SMILES string of the molecule is NC(=O)c1ccccc1C=CCNC(=O)OCC1c2ccccc2-c2ccccc21. The van der Waals surface area contributed by atoms with Crippen LogP contribution in [0, 0.1) is 0 Å². The molecule has 150 valence electrons. The third kappa shape index (κ3) is 3.96. The van der Waals surface area contributed by atoms with E-state index in [1.54, 1.807) is 30.4 Å².